The summed E-state index contributed by atoms with van der Waals surface area (Å²) in [5, 5.41) is 0. The number of hydrogen-bond donors (Lipinski definition) is 0. The third-order valence-electron chi connectivity index (χ3n) is 3.95. The SMILES string of the molecule is C#CCOc1ccc(C/C=C\Cc2ccc(OCC#C)c(OC)c2)cc1OC. The quantitative estimate of drug-likeness (QED) is 0.463. The van der Waals surface area contributed by atoms with E-state index in [4.69, 9.17) is 31.8 Å². The minimum Gasteiger partial charge on any atom is -0.493 e. The second-order valence-corrected chi connectivity index (χ2v) is 5.84. The predicted octanol–water partition coefficient (Wildman–Crippen LogP) is 4.07. The minimum absolute atomic E-state index is 0.214. The van der Waals surface area contributed by atoms with Crippen molar-refractivity contribution < 1.29 is 18.9 Å². The van der Waals surface area contributed by atoms with Crippen LogP contribution in [0.2, 0.25) is 0 Å². The molecule has 0 aliphatic heterocycles. The molecule has 0 amide bonds. The minimum atomic E-state index is 0.214. The van der Waals surface area contributed by atoms with Gasteiger partial charge in [-0.05, 0) is 48.2 Å². The van der Waals surface area contributed by atoms with Crippen molar-refractivity contribution in [3.63, 3.8) is 0 Å². The molecule has 2 aromatic rings. The molecule has 0 radical (unpaired) electrons. The van der Waals surface area contributed by atoms with Crippen LogP contribution in [0.4, 0.5) is 0 Å². The zero-order valence-corrected chi connectivity index (χ0v) is 16.2. The molecule has 0 unspecified atom stereocenters. The van der Waals surface area contributed by atoms with Gasteiger partial charge in [0.25, 0.3) is 0 Å². The van der Waals surface area contributed by atoms with E-state index >= 15 is 0 Å². The summed E-state index contributed by atoms with van der Waals surface area (Å²) in [6.07, 6.45) is 16.3. The van der Waals surface area contributed by atoms with Crippen molar-refractivity contribution in [2.45, 2.75) is 12.8 Å². The molecule has 0 saturated carbocycles. The van der Waals surface area contributed by atoms with Gasteiger partial charge in [-0.25, -0.2) is 0 Å². The third-order valence-corrected chi connectivity index (χ3v) is 3.95. The van der Waals surface area contributed by atoms with Gasteiger partial charge in [0.2, 0.25) is 0 Å². The van der Waals surface area contributed by atoms with E-state index in [1.165, 1.54) is 0 Å². The van der Waals surface area contributed by atoms with E-state index in [0.29, 0.717) is 23.0 Å². The lowest BCUT2D eigenvalue weighted by Gasteiger charge is -2.10. The summed E-state index contributed by atoms with van der Waals surface area (Å²) >= 11 is 0. The van der Waals surface area contributed by atoms with E-state index in [-0.39, 0.29) is 13.2 Å². The van der Waals surface area contributed by atoms with Gasteiger partial charge >= 0.3 is 0 Å². The Morgan fingerprint density at radius 2 is 1.14 bits per heavy atom. The maximum absolute atomic E-state index is 5.46. The summed E-state index contributed by atoms with van der Waals surface area (Å²) in [4.78, 5) is 0. The highest BCUT2D eigenvalue weighted by Gasteiger charge is 2.06. The van der Waals surface area contributed by atoms with E-state index in [1.807, 2.05) is 36.4 Å². The lowest BCUT2D eigenvalue weighted by molar-refractivity contribution is 0.330. The van der Waals surface area contributed by atoms with Crippen LogP contribution in [0.3, 0.4) is 0 Å². The van der Waals surface area contributed by atoms with Crippen molar-refractivity contribution in [2.24, 2.45) is 0 Å². The Bertz CT molecular complexity index is 811. The second kappa shape index (κ2) is 11.3. The Kier molecular flexibility index (Phi) is 8.37. The smallest absolute Gasteiger partial charge is 0.162 e. The molecule has 2 aromatic carbocycles. The predicted molar refractivity (Wildman–Crippen MR) is 111 cm³/mol. The zero-order valence-electron chi connectivity index (χ0n) is 16.2. The van der Waals surface area contributed by atoms with Crippen molar-refractivity contribution in [3.05, 3.63) is 59.7 Å². The Hall–Kier alpha value is -3.50. The molecule has 0 N–H and O–H groups in total. The van der Waals surface area contributed by atoms with Gasteiger partial charge in [-0.3, -0.25) is 0 Å². The molecule has 0 saturated heterocycles. The van der Waals surface area contributed by atoms with Gasteiger partial charge in [-0.2, -0.15) is 0 Å². The summed E-state index contributed by atoms with van der Waals surface area (Å²) in [7, 11) is 3.23. The van der Waals surface area contributed by atoms with Crippen molar-refractivity contribution in [2.75, 3.05) is 27.4 Å². The van der Waals surface area contributed by atoms with E-state index in [0.717, 1.165) is 24.0 Å². The number of allylic oxidation sites excluding steroid dienone is 2. The van der Waals surface area contributed by atoms with Gasteiger partial charge in [0.1, 0.15) is 13.2 Å². The zero-order chi connectivity index (χ0) is 20.2. The first kappa shape index (κ1) is 20.8. The van der Waals surface area contributed by atoms with E-state index in [2.05, 4.69) is 24.0 Å². The molecule has 28 heavy (non-hydrogen) atoms. The highest BCUT2D eigenvalue weighted by atomic mass is 16.5. The largest absolute Gasteiger partial charge is 0.493 e. The highest BCUT2D eigenvalue weighted by molar-refractivity contribution is 5.44. The fourth-order valence-electron chi connectivity index (χ4n) is 2.59. The molecule has 144 valence electrons. The molecular formula is C24H24O4. The molecule has 0 aliphatic carbocycles. The topological polar surface area (TPSA) is 36.9 Å². The molecule has 0 spiro atoms. The molecule has 0 aromatic heterocycles. The maximum Gasteiger partial charge on any atom is 0.162 e. The average molecular weight is 376 g/mol. The van der Waals surface area contributed by atoms with Crippen molar-refractivity contribution in [3.8, 4) is 47.7 Å². The lowest BCUT2D eigenvalue weighted by atomic mass is 10.1. The molecule has 4 nitrogen and oxygen atoms in total. The number of terminal acetylenes is 2. The summed E-state index contributed by atoms with van der Waals surface area (Å²) < 4.78 is 21.7. The van der Waals surface area contributed by atoms with Gasteiger partial charge in [-0.1, -0.05) is 36.1 Å². The lowest BCUT2D eigenvalue weighted by Crippen LogP contribution is -1.97. The molecule has 0 fully saturated rings. The van der Waals surface area contributed by atoms with Crippen molar-refractivity contribution in [1.82, 2.24) is 0 Å². The van der Waals surface area contributed by atoms with Crippen LogP contribution < -0.4 is 18.9 Å². The number of ether oxygens (including phenoxy) is 4. The first-order valence-electron chi connectivity index (χ1n) is 8.83. The van der Waals surface area contributed by atoms with Gasteiger partial charge in [0.05, 0.1) is 14.2 Å². The summed E-state index contributed by atoms with van der Waals surface area (Å²) in [6, 6.07) is 11.7. The number of hydrogen-bond acceptors (Lipinski definition) is 4. The van der Waals surface area contributed by atoms with Crippen LogP contribution in [-0.4, -0.2) is 27.4 Å². The Labute approximate surface area is 167 Å². The number of rotatable bonds is 10. The van der Waals surface area contributed by atoms with Crippen molar-refractivity contribution >= 4 is 0 Å². The molecule has 4 heteroatoms. The fourth-order valence-corrected chi connectivity index (χ4v) is 2.59. The van der Waals surface area contributed by atoms with Gasteiger partial charge in [-0.15, -0.1) is 12.8 Å². The monoisotopic (exact) mass is 376 g/mol. The maximum atomic E-state index is 5.46. The van der Waals surface area contributed by atoms with Gasteiger partial charge < -0.3 is 18.9 Å². The van der Waals surface area contributed by atoms with Crippen LogP contribution >= 0.6 is 0 Å². The summed E-state index contributed by atoms with van der Waals surface area (Å²) in [5.74, 6) is 7.53. The summed E-state index contributed by atoms with van der Waals surface area (Å²) in [5.41, 5.74) is 2.24. The normalized spacial score (nSPS) is 10.1. The van der Waals surface area contributed by atoms with E-state index < -0.39 is 0 Å². The van der Waals surface area contributed by atoms with Crippen LogP contribution in [0, 0.1) is 24.7 Å². The molecule has 0 bridgehead atoms. The summed E-state index contributed by atoms with van der Waals surface area (Å²) in [6.45, 7) is 0.428. The van der Waals surface area contributed by atoms with Gasteiger partial charge in [0, 0.05) is 0 Å². The Morgan fingerprint density at radius 3 is 1.50 bits per heavy atom. The standard InChI is InChI=1S/C24H24O4/c1-5-15-27-21-13-11-19(17-23(21)25-3)9-7-8-10-20-12-14-22(28-16-6-2)24(18-20)26-4/h1-2,7-8,11-14,17-18H,9-10,15-16H2,3-4H3/b8-7-. The second-order valence-electron chi connectivity index (χ2n) is 5.84. The number of methoxy groups -OCH3 is 2. The van der Waals surface area contributed by atoms with E-state index in [9.17, 15) is 0 Å². The molecule has 0 aliphatic rings. The van der Waals surface area contributed by atoms with Crippen LogP contribution in [0.5, 0.6) is 23.0 Å². The highest BCUT2D eigenvalue weighted by Crippen LogP contribution is 2.29. The number of benzene rings is 2. The van der Waals surface area contributed by atoms with Crippen LogP contribution in [0.25, 0.3) is 0 Å². The Balaban J connectivity index is 1.96. The average Bonchev–Trinajstić information content (AvgIpc) is 2.74. The van der Waals surface area contributed by atoms with E-state index in [1.54, 1.807) is 14.2 Å². The molecule has 2 rings (SSSR count). The third kappa shape index (κ3) is 6.04. The van der Waals surface area contributed by atoms with Crippen LogP contribution in [-0.2, 0) is 12.8 Å². The first-order chi connectivity index (χ1) is 13.7. The van der Waals surface area contributed by atoms with Gasteiger partial charge in [0.15, 0.2) is 23.0 Å². The first-order valence-corrected chi connectivity index (χ1v) is 8.83. The Morgan fingerprint density at radius 1 is 0.714 bits per heavy atom. The van der Waals surface area contributed by atoms with Crippen LogP contribution in [0.15, 0.2) is 48.6 Å². The molecule has 0 heterocycles. The fraction of sp³-hybridized carbons (Fsp3) is 0.250. The molecule has 0 atom stereocenters. The van der Waals surface area contributed by atoms with Crippen LogP contribution in [0.1, 0.15) is 11.1 Å². The molecular weight excluding hydrogens is 352 g/mol. The van der Waals surface area contributed by atoms with Crippen molar-refractivity contribution in [1.29, 1.82) is 0 Å².